The maximum absolute atomic E-state index is 13.5. The molecule has 9 nitrogen and oxygen atoms in total. The molecule has 3 amide bonds. The summed E-state index contributed by atoms with van der Waals surface area (Å²) in [6.07, 6.45) is -0.220. The lowest BCUT2D eigenvalue weighted by molar-refractivity contribution is -0.159. The summed E-state index contributed by atoms with van der Waals surface area (Å²) in [6.45, 7) is 0.315. The Labute approximate surface area is 174 Å². The smallest absolute Gasteiger partial charge is 0.322 e. The Balaban J connectivity index is 1.57. The van der Waals surface area contributed by atoms with Crippen molar-refractivity contribution in [1.29, 1.82) is 0 Å². The molecule has 3 heterocycles. The van der Waals surface area contributed by atoms with Crippen molar-refractivity contribution in [3.05, 3.63) is 45.7 Å². The monoisotopic (exact) mass is 441 g/mol. The van der Waals surface area contributed by atoms with E-state index in [0.29, 0.717) is 24.2 Å². The minimum Gasteiger partial charge on any atom is -0.393 e. The highest BCUT2D eigenvalue weighted by molar-refractivity contribution is 6.31. The van der Waals surface area contributed by atoms with Crippen LogP contribution in [0.2, 0.25) is 5.02 Å². The first kappa shape index (κ1) is 20.5. The number of hydrogen-bond acceptors (Lipinski definition) is 5. The van der Waals surface area contributed by atoms with E-state index in [0.717, 1.165) is 17.2 Å². The molecule has 1 aromatic carbocycles. The highest BCUT2D eigenvalue weighted by Crippen LogP contribution is 2.27. The standard InChI is InChI=1S/C18H18ClF2N5O4/c1-24-17(28)16-11-7-25(3-2-14(11)23-26(16)6-10(8-27)30-24)18(29)22-9-4-12(19)15(21)13(20)5-9/h4-5,10,27H,2-3,6-8H2,1H3,(H,22,29)/t10-/m0/s1. The van der Waals surface area contributed by atoms with Crippen LogP contribution in [0.5, 0.6) is 0 Å². The second kappa shape index (κ2) is 7.82. The lowest BCUT2D eigenvalue weighted by atomic mass is 10.1. The third-order valence-electron chi connectivity index (χ3n) is 5.00. The van der Waals surface area contributed by atoms with E-state index in [4.69, 9.17) is 16.4 Å². The van der Waals surface area contributed by atoms with E-state index < -0.39 is 34.7 Å². The molecule has 30 heavy (non-hydrogen) atoms. The number of halogens is 3. The molecular formula is C18H18ClF2N5O4. The fraction of sp³-hybridized carbons (Fsp3) is 0.389. The number of aromatic nitrogens is 2. The number of carbonyl (C=O) groups is 2. The van der Waals surface area contributed by atoms with E-state index in [9.17, 15) is 23.5 Å². The zero-order valence-electron chi connectivity index (χ0n) is 15.9. The van der Waals surface area contributed by atoms with E-state index >= 15 is 0 Å². The van der Waals surface area contributed by atoms with E-state index in [-0.39, 0.29) is 31.1 Å². The van der Waals surface area contributed by atoms with Crippen LogP contribution in [0.15, 0.2) is 12.1 Å². The highest BCUT2D eigenvalue weighted by atomic mass is 35.5. The van der Waals surface area contributed by atoms with Gasteiger partial charge in [0.1, 0.15) is 11.8 Å². The van der Waals surface area contributed by atoms with Crippen molar-refractivity contribution in [2.75, 3.05) is 25.5 Å². The average Bonchev–Trinajstić information content (AvgIpc) is 3.01. The topological polar surface area (TPSA) is 99.9 Å². The summed E-state index contributed by atoms with van der Waals surface area (Å²) >= 11 is 5.63. The minimum atomic E-state index is -1.19. The quantitative estimate of drug-likeness (QED) is 0.692. The summed E-state index contributed by atoms with van der Waals surface area (Å²) in [4.78, 5) is 32.2. The van der Waals surface area contributed by atoms with Crippen LogP contribution < -0.4 is 5.32 Å². The molecule has 0 bridgehead atoms. The molecule has 4 rings (SSSR count). The van der Waals surface area contributed by atoms with Crippen molar-refractivity contribution in [2.24, 2.45) is 0 Å². The van der Waals surface area contributed by atoms with Crippen molar-refractivity contribution in [3.63, 3.8) is 0 Å². The van der Waals surface area contributed by atoms with E-state index in [1.165, 1.54) is 16.6 Å². The molecule has 0 fully saturated rings. The van der Waals surface area contributed by atoms with Crippen LogP contribution in [0.25, 0.3) is 0 Å². The first-order chi connectivity index (χ1) is 14.3. The largest absolute Gasteiger partial charge is 0.393 e. The van der Waals surface area contributed by atoms with Gasteiger partial charge in [-0.3, -0.25) is 14.3 Å². The van der Waals surface area contributed by atoms with E-state index in [2.05, 4.69) is 10.4 Å². The molecular weight excluding hydrogens is 424 g/mol. The van der Waals surface area contributed by atoms with Gasteiger partial charge in [-0.15, -0.1) is 0 Å². The lowest BCUT2D eigenvalue weighted by Gasteiger charge is -2.27. The van der Waals surface area contributed by atoms with Gasteiger partial charge >= 0.3 is 6.03 Å². The number of aliphatic hydroxyl groups excluding tert-OH is 1. The van der Waals surface area contributed by atoms with E-state index in [1.807, 2.05) is 0 Å². The number of amides is 3. The van der Waals surface area contributed by atoms with Crippen molar-refractivity contribution < 1.29 is 28.3 Å². The Morgan fingerprint density at radius 3 is 2.90 bits per heavy atom. The first-order valence-corrected chi connectivity index (χ1v) is 9.51. The molecule has 0 unspecified atom stereocenters. The fourth-order valence-corrected chi connectivity index (χ4v) is 3.75. The van der Waals surface area contributed by atoms with Gasteiger partial charge < -0.3 is 15.3 Å². The molecule has 12 heteroatoms. The summed E-state index contributed by atoms with van der Waals surface area (Å²) in [7, 11) is 1.44. The van der Waals surface area contributed by atoms with Gasteiger partial charge in [0.05, 0.1) is 30.4 Å². The molecule has 0 saturated carbocycles. The zero-order chi connectivity index (χ0) is 21.6. The van der Waals surface area contributed by atoms with Crippen molar-refractivity contribution >= 4 is 29.2 Å². The number of hydrogen-bond donors (Lipinski definition) is 2. The molecule has 0 radical (unpaired) electrons. The third-order valence-corrected chi connectivity index (χ3v) is 5.27. The third kappa shape index (κ3) is 3.59. The summed E-state index contributed by atoms with van der Waals surface area (Å²) < 4.78 is 28.4. The lowest BCUT2D eigenvalue weighted by Crippen LogP contribution is -2.39. The van der Waals surface area contributed by atoms with Gasteiger partial charge in [-0.25, -0.2) is 18.6 Å². The summed E-state index contributed by atoms with van der Waals surface area (Å²) in [5.74, 6) is -2.80. The van der Waals surface area contributed by atoms with Crippen LogP contribution in [0, 0.1) is 11.6 Å². The average molecular weight is 442 g/mol. The second-order valence-corrected chi connectivity index (χ2v) is 7.43. The van der Waals surface area contributed by atoms with Crippen molar-refractivity contribution in [1.82, 2.24) is 19.7 Å². The number of nitrogens with zero attached hydrogens (tertiary/aromatic N) is 4. The Bertz CT molecular complexity index is 1010. The number of aliphatic hydroxyl groups is 1. The Hall–Kier alpha value is -2.76. The molecule has 1 aromatic heterocycles. The Morgan fingerprint density at radius 1 is 1.43 bits per heavy atom. The molecule has 2 aliphatic heterocycles. The van der Waals surface area contributed by atoms with Crippen molar-refractivity contribution in [3.8, 4) is 0 Å². The molecule has 1 atom stereocenters. The number of urea groups is 1. The number of hydroxylamine groups is 2. The van der Waals surface area contributed by atoms with Crippen LogP contribution in [0.3, 0.4) is 0 Å². The van der Waals surface area contributed by atoms with E-state index in [1.54, 1.807) is 0 Å². The second-order valence-electron chi connectivity index (χ2n) is 7.02. The van der Waals surface area contributed by atoms with Crippen LogP contribution >= 0.6 is 11.6 Å². The van der Waals surface area contributed by atoms with Gasteiger partial charge in [0.15, 0.2) is 11.6 Å². The Morgan fingerprint density at radius 2 is 2.20 bits per heavy atom. The fourth-order valence-electron chi connectivity index (χ4n) is 3.54. The zero-order valence-corrected chi connectivity index (χ0v) is 16.6. The normalized spacial score (nSPS) is 18.7. The predicted octanol–water partition coefficient (Wildman–Crippen LogP) is 1.78. The molecule has 2 N–H and O–H groups in total. The SMILES string of the molecule is CN1O[C@H](CO)Cn2nc3c(c2C1=O)CN(C(=O)Nc1cc(F)c(F)c(Cl)c1)CC3. The maximum Gasteiger partial charge on any atom is 0.322 e. The number of anilines is 1. The van der Waals surface area contributed by atoms with Gasteiger partial charge in [0.2, 0.25) is 0 Å². The van der Waals surface area contributed by atoms with Gasteiger partial charge in [-0.05, 0) is 6.07 Å². The number of carbonyl (C=O) groups excluding carboxylic acids is 2. The van der Waals surface area contributed by atoms with Crippen LogP contribution in [0.1, 0.15) is 21.7 Å². The van der Waals surface area contributed by atoms with Gasteiger partial charge in [-0.1, -0.05) is 11.6 Å². The summed E-state index contributed by atoms with van der Waals surface area (Å²) in [6, 6.07) is 1.40. The molecule has 0 aliphatic carbocycles. The summed E-state index contributed by atoms with van der Waals surface area (Å²) in [5.41, 5.74) is 1.57. The summed E-state index contributed by atoms with van der Waals surface area (Å²) in [5, 5.41) is 17.0. The molecule has 0 saturated heterocycles. The molecule has 2 aromatic rings. The van der Waals surface area contributed by atoms with Crippen molar-refractivity contribution in [2.45, 2.75) is 25.6 Å². The minimum absolute atomic E-state index is 0.0125. The Kier molecular flexibility index (Phi) is 5.35. The van der Waals surface area contributed by atoms with Crippen LogP contribution in [-0.2, 0) is 24.3 Å². The predicted molar refractivity (Wildman–Crippen MR) is 101 cm³/mol. The van der Waals surface area contributed by atoms with Gasteiger partial charge in [0.25, 0.3) is 5.91 Å². The number of nitrogens with one attached hydrogen (secondary N) is 1. The molecule has 160 valence electrons. The van der Waals surface area contributed by atoms with Gasteiger partial charge in [-0.2, -0.15) is 5.10 Å². The number of benzene rings is 1. The number of fused-ring (bicyclic) bond motifs is 3. The van der Waals surface area contributed by atoms with Crippen LogP contribution in [0.4, 0.5) is 19.3 Å². The first-order valence-electron chi connectivity index (χ1n) is 9.13. The van der Waals surface area contributed by atoms with Gasteiger partial charge in [0, 0.05) is 37.3 Å². The molecule has 0 spiro atoms. The maximum atomic E-state index is 13.5. The number of rotatable bonds is 2. The molecule has 2 aliphatic rings. The van der Waals surface area contributed by atoms with Crippen LogP contribution in [-0.4, -0.2) is 63.1 Å². The highest BCUT2D eigenvalue weighted by Gasteiger charge is 2.35.